The maximum absolute atomic E-state index is 11.1. The number of carbonyl (C=O) groups excluding carboxylic acids is 2. The van der Waals surface area contributed by atoms with E-state index in [0.29, 0.717) is 0 Å². The second-order valence-corrected chi connectivity index (χ2v) is 4.46. The molecule has 0 bridgehead atoms. The first-order valence-electron chi connectivity index (χ1n) is 2.42. The lowest BCUT2D eigenvalue weighted by Gasteiger charge is -2.08. The summed E-state index contributed by atoms with van der Waals surface area (Å²) in [5.41, 5.74) is 0. The van der Waals surface area contributed by atoms with Crippen LogP contribution in [-0.4, -0.2) is 27.1 Å². The second-order valence-electron chi connectivity index (χ2n) is 1.65. The fraction of sp³-hybridized carbons (Fsp3) is 0.333. The molecule has 0 saturated carbocycles. The summed E-state index contributed by atoms with van der Waals surface area (Å²) in [6.07, 6.45) is 0. The van der Waals surface area contributed by atoms with Crippen LogP contribution in [0.25, 0.3) is 0 Å². The molecule has 0 aromatic heterocycles. The SMILES string of the molecule is O=C1CN(SBr)C(=O)N1SBr. The van der Waals surface area contributed by atoms with E-state index in [1.165, 1.54) is 4.31 Å². The molecule has 1 aliphatic heterocycles. The second kappa shape index (κ2) is 4.01. The molecule has 1 rings (SSSR count). The molecule has 1 fully saturated rings. The molecule has 0 spiro atoms. The first-order chi connectivity index (χ1) is 5.20. The first kappa shape index (κ1) is 9.69. The van der Waals surface area contributed by atoms with Gasteiger partial charge < -0.3 is 0 Å². The standard InChI is InChI=1S/C3H2Br2N2O2S2/c4-10-6-1-2(8)7(11-5)3(6)9/h1H2. The van der Waals surface area contributed by atoms with Crippen LogP contribution in [0.15, 0.2) is 0 Å². The quantitative estimate of drug-likeness (QED) is 0.577. The molecule has 0 atom stereocenters. The van der Waals surface area contributed by atoms with E-state index >= 15 is 0 Å². The van der Waals surface area contributed by atoms with Gasteiger partial charge in [0.2, 0.25) is 0 Å². The van der Waals surface area contributed by atoms with Crippen molar-refractivity contribution in [1.82, 2.24) is 8.61 Å². The Labute approximate surface area is 86.7 Å². The summed E-state index contributed by atoms with van der Waals surface area (Å²) >= 11 is 5.98. The highest BCUT2D eigenvalue weighted by atomic mass is 79.9. The van der Waals surface area contributed by atoms with Crippen molar-refractivity contribution in [3.63, 3.8) is 0 Å². The summed E-state index contributed by atoms with van der Waals surface area (Å²) in [7, 11) is 2.00. The zero-order valence-corrected chi connectivity index (χ0v) is 9.80. The van der Waals surface area contributed by atoms with E-state index in [4.69, 9.17) is 0 Å². The van der Waals surface area contributed by atoms with E-state index in [2.05, 4.69) is 29.6 Å². The van der Waals surface area contributed by atoms with Gasteiger partial charge in [0.25, 0.3) is 5.91 Å². The van der Waals surface area contributed by atoms with Crippen molar-refractivity contribution in [2.24, 2.45) is 0 Å². The van der Waals surface area contributed by atoms with E-state index < -0.39 is 0 Å². The third-order valence-corrected chi connectivity index (χ3v) is 3.91. The van der Waals surface area contributed by atoms with Crippen LogP contribution in [0.4, 0.5) is 4.79 Å². The van der Waals surface area contributed by atoms with Crippen LogP contribution < -0.4 is 0 Å². The molecule has 0 radical (unpaired) electrons. The minimum absolute atomic E-state index is 0.118. The highest BCUT2D eigenvalue weighted by molar-refractivity contribution is 9.50. The van der Waals surface area contributed by atoms with Gasteiger partial charge in [0, 0.05) is 50.4 Å². The van der Waals surface area contributed by atoms with Gasteiger partial charge in [-0.1, -0.05) is 0 Å². The maximum Gasteiger partial charge on any atom is 0.348 e. The Bertz CT molecular complexity index is 202. The lowest BCUT2D eigenvalue weighted by Crippen LogP contribution is -2.22. The molecule has 0 unspecified atom stereocenters. The highest BCUT2D eigenvalue weighted by Crippen LogP contribution is 2.30. The number of imide groups is 1. The number of rotatable bonds is 2. The van der Waals surface area contributed by atoms with Crippen LogP contribution in [0, 0.1) is 0 Å². The van der Waals surface area contributed by atoms with E-state index in [1.807, 2.05) is 0 Å². The molecule has 8 heteroatoms. The number of halogens is 2. The Morgan fingerprint density at radius 2 is 1.91 bits per heavy atom. The molecular formula is C3H2Br2N2O2S2. The van der Waals surface area contributed by atoms with Gasteiger partial charge in [-0.2, -0.15) is 4.31 Å². The molecule has 62 valence electrons. The zero-order valence-electron chi connectivity index (χ0n) is 4.99. The van der Waals surface area contributed by atoms with Crippen LogP contribution in [0.3, 0.4) is 0 Å². The Kier molecular flexibility index (Phi) is 3.53. The average molecular weight is 322 g/mol. The van der Waals surface area contributed by atoms with E-state index in [-0.39, 0.29) is 18.5 Å². The van der Waals surface area contributed by atoms with Gasteiger partial charge >= 0.3 is 6.03 Å². The number of amides is 3. The fourth-order valence-electron chi connectivity index (χ4n) is 0.585. The molecular weight excluding hydrogens is 320 g/mol. The summed E-state index contributed by atoms with van der Waals surface area (Å²) < 4.78 is 2.37. The van der Waals surface area contributed by atoms with Crippen LogP contribution in [0.1, 0.15) is 0 Å². The summed E-state index contributed by atoms with van der Waals surface area (Å²) in [4.78, 5) is 22.1. The topological polar surface area (TPSA) is 40.6 Å². The van der Waals surface area contributed by atoms with Gasteiger partial charge in [-0.25, -0.2) is 9.10 Å². The van der Waals surface area contributed by atoms with Gasteiger partial charge in [0.1, 0.15) is 6.54 Å². The van der Waals surface area contributed by atoms with Crippen LogP contribution in [0.5, 0.6) is 0 Å². The van der Waals surface area contributed by atoms with Crippen molar-refractivity contribution in [1.29, 1.82) is 0 Å². The smallest absolute Gasteiger partial charge is 0.271 e. The molecule has 4 nitrogen and oxygen atoms in total. The van der Waals surface area contributed by atoms with Crippen LogP contribution in [0.2, 0.25) is 0 Å². The molecule has 0 aromatic rings. The van der Waals surface area contributed by atoms with Crippen molar-refractivity contribution >= 4 is 62.3 Å². The van der Waals surface area contributed by atoms with E-state index in [9.17, 15) is 9.59 Å². The van der Waals surface area contributed by atoms with Gasteiger partial charge in [-0.05, 0) is 0 Å². The summed E-state index contributed by atoms with van der Waals surface area (Å²) in [5.74, 6) is -0.219. The molecule has 3 amide bonds. The monoisotopic (exact) mass is 320 g/mol. The van der Waals surface area contributed by atoms with Crippen molar-refractivity contribution in [2.75, 3.05) is 6.54 Å². The van der Waals surface area contributed by atoms with Gasteiger partial charge in [-0.15, -0.1) is 0 Å². The lowest BCUT2D eigenvalue weighted by molar-refractivity contribution is -0.121. The average Bonchev–Trinajstić information content (AvgIpc) is 2.26. The van der Waals surface area contributed by atoms with Crippen molar-refractivity contribution in [3.8, 4) is 0 Å². The van der Waals surface area contributed by atoms with E-state index in [0.717, 1.165) is 25.1 Å². The molecule has 11 heavy (non-hydrogen) atoms. The number of nitrogens with zero attached hydrogens (tertiary/aromatic N) is 2. The lowest BCUT2D eigenvalue weighted by atomic mass is 10.7. The Morgan fingerprint density at radius 3 is 2.18 bits per heavy atom. The number of carbonyl (C=O) groups is 2. The Hall–Kier alpha value is 0.600. The van der Waals surface area contributed by atoms with E-state index in [1.54, 1.807) is 0 Å². The van der Waals surface area contributed by atoms with Gasteiger partial charge in [0.05, 0.1) is 0 Å². The molecule has 0 N–H and O–H groups in total. The van der Waals surface area contributed by atoms with Gasteiger partial charge in [-0.3, -0.25) is 4.79 Å². The third kappa shape index (κ3) is 1.85. The normalized spacial score (nSPS) is 18.4. The summed E-state index contributed by atoms with van der Waals surface area (Å²) in [6, 6.07) is -0.321. The number of hydrogen-bond acceptors (Lipinski definition) is 4. The predicted octanol–water partition coefficient (Wildman–Crippen LogP) is 2.17. The third-order valence-electron chi connectivity index (χ3n) is 1.04. The molecule has 0 aromatic carbocycles. The van der Waals surface area contributed by atoms with Gasteiger partial charge in [0.15, 0.2) is 0 Å². The minimum Gasteiger partial charge on any atom is -0.271 e. The maximum atomic E-state index is 11.1. The molecule has 1 aliphatic rings. The van der Waals surface area contributed by atoms with Crippen molar-refractivity contribution in [2.45, 2.75) is 0 Å². The Balaban J connectivity index is 2.71. The number of hydrogen-bond donors (Lipinski definition) is 0. The highest BCUT2D eigenvalue weighted by Gasteiger charge is 2.36. The fourth-order valence-corrected chi connectivity index (χ4v) is 2.76. The van der Waals surface area contributed by atoms with Crippen molar-refractivity contribution < 1.29 is 9.59 Å². The molecule has 1 saturated heterocycles. The zero-order chi connectivity index (χ0) is 8.43. The number of urea groups is 1. The summed E-state index contributed by atoms with van der Waals surface area (Å²) in [6.45, 7) is 0.118. The molecule has 0 aliphatic carbocycles. The largest absolute Gasteiger partial charge is 0.348 e. The Morgan fingerprint density at radius 1 is 1.27 bits per heavy atom. The van der Waals surface area contributed by atoms with Crippen molar-refractivity contribution in [3.05, 3.63) is 0 Å². The predicted molar refractivity (Wildman–Crippen MR) is 52.0 cm³/mol. The van der Waals surface area contributed by atoms with Crippen LogP contribution >= 0.6 is 50.4 Å². The first-order valence-corrected chi connectivity index (χ1v) is 7.65. The summed E-state index contributed by atoms with van der Waals surface area (Å²) in [5, 5.41) is 0. The van der Waals surface area contributed by atoms with Crippen LogP contribution in [-0.2, 0) is 4.79 Å². The molecule has 1 heterocycles. The minimum atomic E-state index is -0.321.